The van der Waals surface area contributed by atoms with Crippen LogP contribution in [0, 0.1) is 0 Å². The van der Waals surface area contributed by atoms with E-state index in [0.29, 0.717) is 11.5 Å². The maximum atomic E-state index is 12.0. The van der Waals surface area contributed by atoms with Gasteiger partial charge in [-0.1, -0.05) is 63.1 Å². The number of hydrogen-bond acceptors (Lipinski definition) is 4. The smallest absolute Gasteiger partial charge is 0.418 e. The molecule has 2 aromatic carbocycles. The van der Waals surface area contributed by atoms with Crippen molar-refractivity contribution >= 4 is 11.9 Å². The number of ether oxygens (including phenoxy) is 2. The molecule has 0 fully saturated rings. The maximum Gasteiger partial charge on any atom is 0.423 e. The minimum Gasteiger partial charge on any atom is -0.418 e. The molecule has 2 aromatic rings. The largest absolute Gasteiger partial charge is 0.423 e. The van der Waals surface area contributed by atoms with E-state index < -0.39 is 11.9 Å². The summed E-state index contributed by atoms with van der Waals surface area (Å²) in [6.07, 6.45) is 3.39. The van der Waals surface area contributed by atoms with Crippen LogP contribution in [-0.2, 0) is 22.4 Å². The molecule has 0 N–H and O–H groups in total. The molecule has 4 heteroatoms. The van der Waals surface area contributed by atoms with E-state index in [1.54, 1.807) is 24.3 Å². The third kappa shape index (κ3) is 4.69. The highest BCUT2D eigenvalue weighted by Gasteiger charge is 2.21. The van der Waals surface area contributed by atoms with Crippen molar-refractivity contribution < 1.29 is 19.1 Å². The van der Waals surface area contributed by atoms with Crippen LogP contribution in [0.4, 0.5) is 0 Å². The molecule has 0 saturated heterocycles. The minimum absolute atomic E-state index is 0.406. The van der Waals surface area contributed by atoms with Gasteiger partial charge in [0.25, 0.3) is 0 Å². The molecule has 0 radical (unpaired) electrons. The van der Waals surface area contributed by atoms with Crippen molar-refractivity contribution in [2.24, 2.45) is 0 Å². The number of benzene rings is 2. The van der Waals surface area contributed by atoms with E-state index in [-0.39, 0.29) is 0 Å². The summed E-state index contributed by atoms with van der Waals surface area (Å²) in [5.74, 6) is -1.21. The zero-order valence-electron chi connectivity index (χ0n) is 14.1. The average Bonchev–Trinajstić information content (AvgIpc) is 2.58. The van der Waals surface area contributed by atoms with Gasteiger partial charge in [-0.05, 0) is 36.1 Å². The Kier molecular flexibility index (Phi) is 6.55. The highest BCUT2D eigenvalue weighted by atomic mass is 16.6. The molecule has 0 heterocycles. The zero-order chi connectivity index (χ0) is 17.4. The second kappa shape index (κ2) is 8.87. The van der Waals surface area contributed by atoms with Gasteiger partial charge in [-0.3, -0.25) is 0 Å². The van der Waals surface area contributed by atoms with Crippen LogP contribution in [-0.4, -0.2) is 11.9 Å². The monoisotopic (exact) mass is 326 g/mol. The Morgan fingerprint density at radius 2 is 1.08 bits per heavy atom. The Hall–Kier alpha value is -2.62. The molecule has 0 saturated carbocycles. The third-order valence-corrected chi connectivity index (χ3v) is 3.56. The second-order valence-electron chi connectivity index (χ2n) is 5.49. The van der Waals surface area contributed by atoms with Crippen LogP contribution >= 0.6 is 0 Å². The lowest BCUT2D eigenvalue weighted by molar-refractivity contribution is -0.156. The summed E-state index contributed by atoms with van der Waals surface area (Å²) in [7, 11) is 0. The molecule has 2 rings (SSSR count). The van der Waals surface area contributed by atoms with Crippen LogP contribution in [0.5, 0.6) is 11.5 Å². The number of aryl methyl sites for hydroxylation is 2. The SMILES string of the molecule is CCCc1ccccc1OC(=O)C(=O)Oc1ccccc1CCC. The normalized spacial score (nSPS) is 10.2. The topological polar surface area (TPSA) is 52.6 Å². The molecule has 24 heavy (non-hydrogen) atoms. The van der Waals surface area contributed by atoms with Gasteiger partial charge in [0.2, 0.25) is 0 Å². The van der Waals surface area contributed by atoms with Gasteiger partial charge in [0.15, 0.2) is 0 Å². The highest BCUT2D eigenvalue weighted by Crippen LogP contribution is 2.22. The lowest BCUT2D eigenvalue weighted by Crippen LogP contribution is -2.26. The van der Waals surface area contributed by atoms with Crippen LogP contribution in [0.25, 0.3) is 0 Å². The van der Waals surface area contributed by atoms with Gasteiger partial charge in [-0.2, -0.15) is 0 Å². The molecule has 0 atom stereocenters. The molecule has 0 aliphatic heterocycles. The van der Waals surface area contributed by atoms with Crippen LogP contribution in [0.1, 0.15) is 37.8 Å². The van der Waals surface area contributed by atoms with E-state index in [4.69, 9.17) is 9.47 Å². The van der Waals surface area contributed by atoms with Crippen molar-refractivity contribution in [3.05, 3.63) is 59.7 Å². The number of carbonyl (C=O) groups is 2. The molecule has 0 unspecified atom stereocenters. The fourth-order valence-electron chi connectivity index (χ4n) is 2.44. The standard InChI is InChI=1S/C20H22O4/c1-3-9-15-11-5-7-13-17(15)23-19(21)20(22)24-18-14-8-6-12-16(18)10-4-2/h5-8,11-14H,3-4,9-10H2,1-2H3. The van der Waals surface area contributed by atoms with Gasteiger partial charge in [0.1, 0.15) is 11.5 Å². The first-order chi connectivity index (χ1) is 11.7. The van der Waals surface area contributed by atoms with E-state index >= 15 is 0 Å². The van der Waals surface area contributed by atoms with Crippen molar-refractivity contribution in [3.8, 4) is 11.5 Å². The average molecular weight is 326 g/mol. The summed E-state index contributed by atoms with van der Waals surface area (Å²) in [5, 5.41) is 0. The quantitative estimate of drug-likeness (QED) is 0.455. The third-order valence-electron chi connectivity index (χ3n) is 3.56. The predicted octanol–water partition coefficient (Wildman–Crippen LogP) is 4.10. The summed E-state index contributed by atoms with van der Waals surface area (Å²) in [6, 6.07) is 14.4. The van der Waals surface area contributed by atoms with Crippen molar-refractivity contribution in [3.63, 3.8) is 0 Å². The molecule has 0 aliphatic carbocycles. The molecule has 126 valence electrons. The van der Waals surface area contributed by atoms with Crippen molar-refractivity contribution in [2.75, 3.05) is 0 Å². The van der Waals surface area contributed by atoms with Gasteiger partial charge in [0, 0.05) is 0 Å². The summed E-state index contributed by atoms with van der Waals surface area (Å²) in [4.78, 5) is 24.1. The first-order valence-corrected chi connectivity index (χ1v) is 8.25. The fraction of sp³-hybridized carbons (Fsp3) is 0.300. The molecule has 0 spiro atoms. The number of rotatable bonds is 6. The van der Waals surface area contributed by atoms with E-state index in [9.17, 15) is 9.59 Å². The van der Waals surface area contributed by atoms with Gasteiger partial charge in [0.05, 0.1) is 0 Å². The molecule has 0 bridgehead atoms. The number of hydrogen-bond donors (Lipinski definition) is 0. The van der Waals surface area contributed by atoms with E-state index in [2.05, 4.69) is 0 Å². The molecule has 0 amide bonds. The predicted molar refractivity (Wildman–Crippen MR) is 92.1 cm³/mol. The van der Waals surface area contributed by atoms with Crippen LogP contribution in [0.15, 0.2) is 48.5 Å². The van der Waals surface area contributed by atoms with Crippen molar-refractivity contribution in [1.82, 2.24) is 0 Å². The van der Waals surface area contributed by atoms with Crippen LogP contribution in [0.3, 0.4) is 0 Å². The Morgan fingerprint density at radius 1 is 0.708 bits per heavy atom. The summed E-state index contributed by atoms with van der Waals surface area (Å²) in [5.41, 5.74) is 1.79. The summed E-state index contributed by atoms with van der Waals surface area (Å²) in [6.45, 7) is 4.08. The number of esters is 2. The molecular weight excluding hydrogens is 304 g/mol. The van der Waals surface area contributed by atoms with Gasteiger partial charge in [-0.15, -0.1) is 0 Å². The van der Waals surface area contributed by atoms with Crippen molar-refractivity contribution in [2.45, 2.75) is 39.5 Å². The molecule has 4 nitrogen and oxygen atoms in total. The van der Waals surface area contributed by atoms with Crippen LogP contribution < -0.4 is 9.47 Å². The Bertz CT molecular complexity index is 645. The maximum absolute atomic E-state index is 12.0. The minimum atomic E-state index is -1.01. The lowest BCUT2D eigenvalue weighted by Gasteiger charge is -2.10. The van der Waals surface area contributed by atoms with Gasteiger partial charge >= 0.3 is 11.9 Å². The first-order valence-electron chi connectivity index (χ1n) is 8.25. The summed E-state index contributed by atoms with van der Waals surface area (Å²) >= 11 is 0. The lowest BCUT2D eigenvalue weighted by atomic mass is 10.1. The molecular formula is C20H22O4. The van der Waals surface area contributed by atoms with E-state index in [1.807, 2.05) is 38.1 Å². The van der Waals surface area contributed by atoms with E-state index in [1.165, 1.54) is 0 Å². The first kappa shape index (κ1) is 17.7. The van der Waals surface area contributed by atoms with Crippen molar-refractivity contribution in [1.29, 1.82) is 0 Å². The Morgan fingerprint density at radius 3 is 1.46 bits per heavy atom. The highest BCUT2D eigenvalue weighted by molar-refractivity contribution is 6.31. The van der Waals surface area contributed by atoms with E-state index in [0.717, 1.165) is 36.8 Å². The Labute approximate surface area is 142 Å². The summed E-state index contributed by atoms with van der Waals surface area (Å²) < 4.78 is 10.4. The zero-order valence-corrected chi connectivity index (χ0v) is 14.1. The fourth-order valence-corrected chi connectivity index (χ4v) is 2.44. The molecule has 0 aromatic heterocycles. The van der Waals surface area contributed by atoms with Gasteiger partial charge in [-0.25, -0.2) is 9.59 Å². The Balaban J connectivity index is 2.07. The van der Waals surface area contributed by atoms with Crippen LogP contribution in [0.2, 0.25) is 0 Å². The molecule has 0 aliphatic rings. The van der Waals surface area contributed by atoms with Gasteiger partial charge < -0.3 is 9.47 Å². The second-order valence-corrected chi connectivity index (χ2v) is 5.49. The number of para-hydroxylation sites is 2. The number of carbonyl (C=O) groups excluding carboxylic acids is 2.